The summed E-state index contributed by atoms with van der Waals surface area (Å²) in [7, 11) is 0. The molecule has 0 aliphatic heterocycles. The average Bonchev–Trinajstić information content (AvgIpc) is 3.20. The van der Waals surface area contributed by atoms with E-state index >= 15 is 0 Å². The first-order chi connectivity index (χ1) is 14.5. The summed E-state index contributed by atoms with van der Waals surface area (Å²) >= 11 is 6.17. The third-order valence-corrected chi connectivity index (χ3v) is 4.55. The number of rotatable bonds is 9. The van der Waals surface area contributed by atoms with Crippen LogP contribution < -0.4 is 10.5 Å². The molecule has 1 aromatic heterocycles. The van der Waals surface area contributed by atoms with Gasteiger partial charge in [-0.1, -0.05) is 36.7 Å². The number of primary amides is 1. The van der Waals surface area contributed by atoms with Gasteiger partial charge in [0, 0.05) is 12.1 Å². The number of carbonyl (C=O) groups excluding carboxylic acids is 2. The van der Waals surface area contributed by atoms with Gasteiger partial charge in [-0.25, -0.2) is 0 Å². The highest BCUT2D eigenvalue weighted by atomic mass is 35.5. The van der Waals surface area contributed by atoms with E-state index in [0.29, 0.717) is 40.2 Å². The van der Waals surface area contributed by atoms with Crippen LogP contribution >= 0.6 is 11.6 Å². The van der Waals surface area contributed by atoms with Gasteiger partial charge in [0.15, 0.2) is 6.61 Å². The van der Waals surface area contributed by atoms with Gasteiger partial charge in [-0.2, -0.15) is 0 Å². The smallest absolute Gasteiger partial charge is 0.260 e. The predicted octanol–water partition coefficient (Wildman–Crippen LogP) is 3.31. The third-order valence-electron chi connectivity index (χ3n) is 4.22. The van der Waals surface area contributed by atoms with E-state index in [9.17, 15) is 9.59 Å². The molecule has 3 aromatic rings. The monoisotopic (exact) mass is 428 g/mol. The molecule has 156 valence electrons. The molecule has 0 aliphatic carbocycles. The summed E-state index contributed by atoms with van der Waals surface area (Å²) in [5, 5.41) is 8.55. The molecule has 0 saturated carbocycles. The zero-order valence-electron chi connectivity index (χ0n) is 16.4. The predicted molar refractivity (Wildman–Crippen MR) is 111 cm³/mol. The van der Waals surface area contributed by atoms with E-state index in [1.165, 1.54) is 6.07 Å². The van der Waals surface area contributed by atoms with E-state index in [1.54, 1.807) is 35.2 Å². The summed E-state index contributed by atoms with van der Waals surface area (Å²) in [6.07, 6.45) is 0.744. The third kappa shape index (κ3) is 5.36. The Morgan fingerprint density at radius 2 is 1.97 bits per heavy atom. The van der Waals surface area contributed by atoms with Gasteiger partial charge in [-0.15, -0.1) is 10.2 Å². The zero-order valence-corrected chi connectivity index (χ0v) is 17.1. The summed E-state index contributed by atoms with van der Waals surface area (Å²) in [5.41, 5.74) is 6.20. The van der Waals surface area contributed by atoms with Gasteiger partial charge in [-0.3, -0.25) is 9.59 Å². The van der Waals surface area contributed by atoms with Crippen LogP contribution in [-0.4, -0.2) is 40.1 Å². The highest BCUT2D eigenvalue weighted by Crippen LogP contribution is 2.26. The van der Waals surface area contributed by atoms with Crippen LogP contribution in [0.25, 0.3) is 11.5 Å². The van der Waals surface area contributed by atoms with Crippen LogP contribution in [0.15, 0.2) is 52.9 Å². The Morgan fingerprint density at radius 3 is 2.70 bits per heavy atom. The van der Waals surface area contributed by atoms with Crippen molar-refractivity contribution in [3.63, 3.8) is 0 Å². The molecule has 2 N–H and O–H groups in total. The number of hydrogen-bond acceptors (Lipinski definition) is 6. The SMILES string of the molecule is CCCN(Cc1nnc(-c2ccccc2Cl)o1)C(=O)COc1cccc(C(N)=O)c1. The molecular weight excluding hydrogens is 408 g/mol. The summed E-state index contributed by atoms with van der Waals surface area (Å²) in [4.78, 5) is 25.5. The van der Waals surface area contributed by atoms with Gasteiger partial charge in [0.2, 0.25) is 17.7 Å². The first-order valence-electron chi connectivity index (χ1n) is 9.35. The molecule has 1 heterocycles. The normalized spacial score (nSPS) is 10.6. The van der Waals surface area contributed by atoms with Crippen molar-refractivity contribution in [1.29, 1.82) is 0 Å². The molecule has 30 heavy (non-hydrogen) atoms. The molecule has 9 heteroatoms. The maximum absolute atomic E-state index is 12.7. The van der Waals surface area contributed by atoms with E-state index in [2.05, 4.69) is 10.2 Å². The molecule has 0 bridgehead atoms. The van der Waals surface area contributed by atoms with Crippen molar-refractivity contribution in [1.82, 2.24) is 15.1 Å². The largest absolute Gasteiger partial charge is 0.484 e. The van der Waals surface area contributed by atoms with Gasteiger partial charge in [-0.05, 0) is 36.8 Å². The lowest BCUT2D eigenvalue weighted by Gasteiger charge is -2.20. The van der Waals surface area contributed by atoms with Crippen molar-refractivity contribution < 1.29 is 18.7 Å². The number of carbonyl (C=O) groups is 2. The summed E-state index contributed by atoms with van der Waals surface area (Å²) in [6, 6.07) is 13.5. The van der Waals surface area contributed by atoms with Crippen LogP contribution in [0.4, 0.5) is 0 Å². The molecule has 8 nitrogen and oxygen atoms in total. The van der Waals surface area contributed by atoms with Crippen LogP contribution in [0.5, 0.6) is 5.75 Å². The minimum absolute atomic E-state index is 0.148. The number of nitrogens with two attached hydrogens (primary N) is 1. The Balaban J connectivity index is 1.66. The van der Waals surface area contributed by atoms with Gasteiger partial charge in [0.1, 0.15) is 5.75 Å². The summed E-state index contributed by atoms with van der Waals surface area (Å²) < 4.78 is 11.2. The second-order valence-corrected chi connectivity index (χ2v) is 6.88. The lowest BCUT2D eigenvalue weighted by Crippen LogP contribution is -2.35. The number of hydrogen-bond donors (Lipinski definition) is 1. The molecule has 0 aliphatic rings. The number of amides is 2. The average molecular weight is 429 g/mol. The fourth-order valence-corrected chi connectivity index (χ4v) is 2.98. The number of nitrogens with zero attached hydrogens (tertiary/aromatic N) is 3. The van der Waals surface area contributed by atoms with Crippen LogP contribution in [0, 0.1) is 0 Å². The maximum Gasteiger partial charge on any atom is 0.260 e. The van der Waals surface area contributed by atoms with Gasteiger partial charge in [0.05, 0.1) is 17.1 Å². The quantitative estimate of drug-likeness (QED) is 0.559. The Labute approximate surface area is 178 Å². The zero-order chi connectivity index (χ0) is 21.5. The standard InChI is InChI=1S/C21H21ClN4O4/c1-2-10-26(19(27)13-29-15-7-5-6-14(11-15)20(23)28)12-18-24-25-21(30-18)16-8-3-4-9-17(16)22/h3-9,11H,2,10,12-13H2,1H3,(H2,23,28). The van der Waals surface area contributed by atoms with Gasteiger partial charge < -0.3 is 19.8 Å². The van der Waals surface area contributed by atoms with Crippen LogP contribution in [-0.2, 0) is 11.3 Å². The first kappa shape index (κ1) is 21.3. The summed E-state index contributed by atoms with van der Waals surface area (Å²) in [5.74, 6) is 0.153. The Morgan fingerprint density at radius 1 is 1.17 bits per heavy atom. The fourth-order valence-electron chi connectivity index (χ4n) is 2.76. The topological polar surface area (TPSA) is 112 Å². The molecule has 0 unspecified atom stereocenters. The Kier molecular flexibility index (Phi) is 7.03. The van der Waals surface area contributed by atoms with E-state index in [0.717, 1.165) is 6.42 Å². The van der Waals surface area contributed by atoms with Gasteiger partial charge in [0.25, 0.3) is 5.91 Å². The molecule has 0 saturated heterocycles. The lowest BCUT2D eigenvalue weighted by atomic mass is 10.2. The van der Waals surface area contributed by atoms with Crippen LogP contribution in [0.3, 0.4) is 0 Å². The second-order valence-electron chi connectivity index (χ2n) is 6.48. The van der Waals surface area contributed by atoms with Crippen molar-refractivity contribution in [2.24, 2.45) is 5.73 Å². The van der Waals surface area contributed by atoms with Crippen molar-refractivity contribution in [3.05, 3.63) is 65.0 Å². The van der Waals surface area contributed by atoms with E-state index in [4.69, 9.17) is 26.5 Å². The second kappa shape index (κ2) is 9.89. The van der Waals surface area contributed by atoms with Crippen molar-refractivity contribution in [2.75, 3.05) is 13.2 Å². The van der Waals surface area contributed by atoms with Gasteiger partial charge >= 0.3 is 0 Å². The van der Waals surface area contributed by atoms with Crippen LogP contribution in [0.2, 0.25) is 5.02 Å². The summed E-state index contributed by atoms with van der Waals surface area (Å²) in [6.45, 7) is 2.40. The molecule has 0 atom stereocenters. The number of halogens is 1. The molecule has 0 radical (unpaired) electrons. The number of ether oxygens (including phenoxy) is 1. The van der Waals surface area contributed by atoms with E-state index in [-0.39, 0.29) is 19.1 Å². The highest BCUT2D eigenvalue weighted by molar-refractivity contribution is 6.33. The van der Waals surface area contributed by atoms with Crippen LogP contribution in [0.1, 0.15) is 29.6 Å². The molecule has 0 spiro atoms. The number of aromatic nitrogens is 2. The molecular formula is C21H21ClN4O4. The molecule has 0 fully saturated rings. The van der Waals surface area contributed by atoms with Crippen molar-refractivity contribution in [3.8, 4) is 17.2 Å². The fraction of sp³-hybridized carbons (Fsp3) is 0.238. The van der Waals surface area contributed by atoms with Crippen molar-refractivity contribution in [2.45, 2.75) is 19.9 Å². The van der Waals surface area contributed by atoms with Crippen molar-refractivity contribution >= 4 is 23.4 Å². The first-order valence-corrected chi connectivity index (χ1v) is 9.73. The Hall–Kier alpha value is -3.39. The minimum atomic E-state index is -0.565. The number of benzene rings is 2. The Bertz CT molecular complexity index is 1040. The maximum atomic E-state index is 12.7. The molecule has 3 rings (SSSR count). The molecule has 2 amide bonds. The minimum Gasteiger partial charge on any atom is -0.484 e. The highest BCUT2D eigenvalue weighted by Gasteiger charge is 2.19. The lowest BCUT2D eigenvalue weighted by molar-refractivity contribution is -0.134. The van der Waals surface area contributed by atoms with E-state index < -0.39 is 5.91 Å². The van der Waals surface area contributed by atoms with E-state index in [1.807, 2.05) is 19.1 Å². The molecule has 2 aromatic carbocycles.